The van der Waals surface area contributed by atoms with Crippen LogP contribution in [-0.2, 0) is 13.9 Å². The Labute approximate surface area is 195 Å². The number of hydrogen-bond donors (Lipinski definition) is 1. The van der Waals surface area contributed by atoms with Crippen LogP contribution in [0.3, 0.4) is 0 Å². The average Bonchev–Trinajstić information content (AvgIpc) is 3.36. The molecule has 3 heterocycles. The van der Waals surface area contributed by atoms with E-state index < -0.39 is 31.0 Å². The van der Waals surface area contributed by atoms with Gasteiger partial charge in [-0.3, -0.25) is 0 Å². The second-order valence-corrected chi connectivity index (χ2v) is 18.1. The van der Waals surface area contributed by atoms with Crippen LogP contribution >= 0.6 is 0 Å². The van der Waals surface area contributed by atoms with Crippen LogP contribution in [-0.4, -0.2) is 50.0 Å². The lowest BCUT2D eigenvalue weighted by Gasteiger charge is -2.61. The third kappa shape index (κ3) is 2.64. The molecule has 2 saturated heterocycles. The second kappa shape index (κ2) is 6.81. The molecule has 0 radical (unpaired) electrons. The molecule has 32 heavy (non-hydrogen) atoms. The summed E-state index contributed by atoms with van der Waals surface area (Å²) in [7, 11) is -2.02. The molecule has 2 bridgehead atoms. The Hall–Kier alpha value is -0.463. The number of hydrogen-bond acceptors (Lipinski definition) is 4. The van der Waals surface area contributed by atoms with E-state index in [1.165, 1.54) is 11.1 Å². The molecule has 0 unspecified atom stereocenters. The third-order valence-electron chi connectivity index (χ3n) is 10.7. The van der Waals surface area contributed by atoms with Crippen molar-refractivity contribution in [1.29, 1.82) is 0 Å². The molecule has 1 saturated carbocycles. The number of ether oxygens (including phenoxy) is 2. The maximum Gasteiger partial charge on any atom is 0.192 e. The minimum atomic E-state index is -2.02. The van der Waals surface area contributed by atoms with E-state index in [1.807, 2.05) is 0 Å². The average molecular weight is 461 g/mol. The first-order valence-electron chi connectivity index (χ1n) is 12.7. The molecule has 0 aromatic rings. The summed E-state index contributed by atoms with van der Waals surface area (Å²) in [6.07, 6.45) is 6.14. The van der Waals surface area contributed by atoms with Crippen molar-refractivity contribution in [2.45, 2.75) is 103 Å². The number of aliphatic hydroxyl groups excluding tert-OH is 1. The molecule has 180 valence electrons. The smallest absolute Gasteiger partial charge is 0.192 e. The molecule has 3 aliphatic heterocycles. The van der Waals surface area contributed by atoms with Gasteiger partial charge in [-0.15, -0.1) is 0 Å². The molecule has 0 amide bonds. The quantitative estimate of drug-likeness (QED) is 0.343. The van der Waals surface area contributed by atoms with Gasteiger partial charge in [-0.25, -0.2) is 0 Å². The van der Waals surface area contributed by atoms with E-state index in [4.69, 9.17) is 13.9 Å². The van der Waals surface area contributed by atoms with Gasteiger partial charge in [0.1, 0.15) is 17.3 Å². The van der Waals surface area contributed by atoms with Crippen molar-refractivity contribution >= 4 is 8.32 Å². The summed E-state index contributed by atoms with van der Waals surface area (Å²) in [5.41, 5.74) is 1.24. The topological polar surface area (TPSA) is 51.2 Å². The highest BCUT2D eigenvalue weighted by atomic mass is 28.4. The molecular formula is C27H44O4Si. The van der Waals surface area contributed by atoms with E-state index in [-0.39, 0.29) is 17.1 Å². The van der Waals surface area contributed by atoms with Gasteiger partial charge in [0.05, 0.1) is 18.1 Å². The standard InChI is InChI=1S/C27H44O4Si/c1-16(2)19-11-10-17(3)20-13-26-18(4)12-21(31-26)27(15-29-27)25(26,23(28)22(19)20)14-30-32(8,9)24(5,6)7/h10,12,16,19-23,28H,11,13-15H2,1-9H3/t19-,20+,21-,22-,23-,25+,26+,27-/m1/s1. The Morgan fingerprint density at radius 1 is 1.25 bits per heavy atom. The summed E-state index contributed by atoms with van der Waals surface area (Å²) in [6, 6.07) is 0. The van der Waals surface area contributed by atoms with Crippen LogP contribution in [0.25, 0.3) is 0 Å². The SMILES string of the molecule is CC1=CC[C@H](C(C)C)[C@H]2[C@@H](O)[C@@]3(CO[Si](C)(C)C(C)(C)C)[C@@]4(C[C@@H]12)O[C@H](C=C4C)[C@]31CO1. The number of allylic oxidation sites excluding steroid dienone is 2. The first kappa shape index (κ1) is 23.3. The fourth-order valence-corrected chi connectivity index (χ4v) is 8.56. The van der Waals surface area contributed by atoms with Crippen LogP contribution in [0.2, 0.25) is 18.1 Å². The Balaban J connectivity index is 1.64. The highest BCUT2D eigenvalue weighted by molar-refractivity contribution is 6.74. The normalized spacial score (nSPS) is 47.4. The van der Waals surface area contributed by atoms with Gasteiger partial charge in [-0.1, -0.05) is 52.3 Å². The van der Waals surface area contributed by atoms with Gasteiger partial charge < -0.3 is 19.0 Å². The van der Waals surface area contributed by atoms with Crippen molar-refractivity contribution in [1.82, 2.24) is 0 Å². The first-order valence-corrected chi connectivity index (χ1v) is 15.6. The van der Waals surface area contributed by atoms with Gasteiger partial charge in [0.15, 0.2) is 8.32 Å². The monoisotopic (exact) mass is 460 g/mol. The Morgan fingerprint density at radius 3 is 2.47 bits per heavy atom. The molecule has 5 aliphatic rings. The van der Waals surface area contributed by atoms with Gasteiger partial charge in [0.25, 0.3) is 0 Å². The fraction of sp³-hybridized carbons (Fsp3) is 0.852. The number of fused-ring (bicyclic) bond motifs is 4. The number of aliphatic hydroxyl groups is 1. The molecule has 0 aromatic carbocycles. The molecular weight excluding hydrogens is 416 g/mol. The van der Waals surface area contributed by atoms with Crippen LogP contribution in [0.5, 0.6) is 0 Å². The molecule has 2 aliphatic carbocycles. The summed E-state index contributed by atoms with van der Waals surface area (Å²) in [5, 5.41) is 12.6. The van der Waals surface area contributed by atoms with Crippen LogP contribution in [0.4, 0.5) is 0 Å². The van der Waals surface area contributed by atoms with E-state index in [2.05, 4.69) is 73.7 Å². The fourth-order valence-electron chi connectivity index (χ4n) is 7.54. The molecule has 5 rings (SSSR count). The van der Waals surface area contributed by atoms with E-state index in [9.17, 15) is 5.11 Å². The van der Waals surface area contributed by atoms with Crippen LogP contribution in [0, 0.1) is 29.1 Å². The lowest BCUT2D eigenvalue weighted by molar-refractivity contribution is -0.198. The first-order chi connectivity index (χ1) is 14.7. The van der Waals surface area contributed by atoms with Gasteiger partial charge >= 0.3 is 0 Å². The van der Waals surface area contributed by atoms with Crippen LogP contribution in [0.1, 0.15) is 61.3 Å². The van der Waals surface area contributed by atoms with Gasteiger partial charge in [0.2, 0.25) is 0 Å². The Kier molecular flexibility index (Phi) is 4.96. The minimum Gasteiger partial charge on any atom is -0.416 e. The summed E-state index contributed by atoms with van der Waals surface area (Å²) in [6.45, 7) is 21.8. The maximum absolute atomic E-state index is 12.5. The van der Waals surface area contributed by atoms with Crippen molar-refractivity contribution in [2.24, 2.45) is 29.1 Å². The molecule has 0 aromatic heterocycles. The molecule has 5 heteroatoms. The van der Waals surface area contributed by atoms with Gasteiger partial charge in [-0.2, -0.15) is 0 Å². The highest BCUT2D eigenvalue weighted by Gasteiger charge is 2.86. The molecule has 1 N–H and O–H groups in total. The van der Waals surface area contributed by atoms with Gasteiger partial charge in [-0.05, 0) is 74.1 Å². The summed E-state index contributed by atoms with van der Waals surface area (Å²) in [4.78, 5) is 0. The van der Waals surface area contributed by atoms with Crippen LogP contribution < -0.4 is 0 Å². The number of epoxide rings is 1. The minimum absolute atomic E-state index is 0.0675. The predicted molar refractivity (Wildman–Crippen MR) is 130 cm³/mol. The Bertz CT molecular complexity index is 863. The summed E-state index contributed by atoms with van der Waals surface area (Å²) < 4.78 is 20.2. The third-order valence-corrected chi connectivity index (χ3v) is 15.2. The van der Waals surface area contributed by atoms with Crippen molar-refractivity contribution in [3.8, 4) is 0 Å². The van der Waals surface area contributed by atoms with Gasteiger partial charge in [0, 0.05) is 6.61 Å². The maximum atomic E-state index is 12.5. The van der Waals surface area contributed by atoms with Crippen molar-refractivity contribution in [3.63, 3.8) is 0 Å². The highest BCUT2D eigenvalue weighted by Crippen LogP contribution is 2.74. The lowest BCUT2D eigenvalue weighted by Crippen LogP contribution is -2.71. The molecule has 3 fully saturated rings. The van der Waals surface area contributed by atoms with E-state index in [0.29, 0.717) is 31.0 Å². The Morgan fingerprint density at radius 2 is 1.91 bits per heavy atom. The zero-order chi connectivity index (χ0) is 23.5. The van der Waals surface area contributed by atoms with E-state index in [0.717, 1.165) is 12.8 Å². The number of rotatable bonds is 4. The molecule has 2 spiro atoms. The zero-order valence-corrected chi connectivity index (χ0v) is 22.6. The second-order valence-electron chi connectivity index (χ2n) is 13.3. The molecule has 4 nitrogen and oxygen atoms in total. The van der Waals surface area contributed by atoms with Crippen molar-refractivity contribution in [2.75, 3.05) is 13.2 Å². The van der Waals surface area contributed by atoms with E-state index in [1.54, 1.807) is 0 Å². The zero-order valence-electron chi connectivity index (χ0n) is 21.6. The lowest BCUT2D eigenvalue weighted by atomic mass is 9.45. The van der Waals surface area contributed by atoms with Crippen LogP contribution in [0.15, 0.2) is 23.3 Å². The predicted octanol–water partition coefficient (Wildman–Crippen LogP) is 5.48. The van der Waals surface area contributed by atoms with Crippen molar-refractivity contribution in [3.05, 3.63) is 23.3 Å². The molecule has 8 atom stereocenters. The summed E-state index contributed by atoms with van der Waals surface area (Å²) >= 11 is 0. The van der Waals surface area contributed by atoms with E-state index >= 15 is 0 Å². The largest absolute Gasteiger partial charge is 0.416 e. The van der Waals surface area contributed by atoms with Crippen molar-refractivity contribution < 1.29 is 19.0 Å². The summed E-state index contributed by atoms with van der Waals surface area (Å²) in [5.74, 6) is 1.58.